The van der Waals surface area contributed by atoms with Crippen LogP contribution >= 0.6 is 0 Å². The zero-order chi connectivity index (χ0) is 31.5. The molecule has 3 aromatic carbocycles. The van der Waals surface area contributed by atoms with Crippen LogP contribution in [-0.4, -0.2) is 48.1 Å². The van der Waals surface area contributed by atoms with E-state index in [0.717, 1.165) is 11.6 Å². The highest BCUT2D eigenvalue weighted by molar-refractivity contribution is 6.03. The van der Waals surface area contributed by atoms with Crippen molar-refractivity contribution >= 4 is 22.5 Å². The molecule has 0 bridgehead atoms. The van der Waals surface area contributed by atoms with Gasteiger partial charge in [-0.05, 0) is 49.6 Å². The fourth-order valence-corrected chi connectivity index (χ4v) is 5.24. The Morgan fingerprint density at radius 3 is 2.40 bits per heavy atom. The van der Waals surface area contributed by atoms with Gasteiger partial charge in [0.05, 0.1) is 25.8 Å². The van der Waals surface area contributed by atoms with E-state index in [0.29, 0.717) is 65.3 Å². The second-order valence-corrected chi connectivity index (χ2v) is 10.6. The molecule has 5 aromatic rings. The number of ether oxygens (including phenoxy) is 4. The lowest BCUT2D eigenvalue weighted by Crippen LogP contribution is -2.30. The lowest BCUT2D eigenvalue weighted by atomic mass is 10.0. The summed E-state index contributed by atoms with van der Waals surface area (Å²) in [4.78, 5) is 31.4. The summed E-state index contributed by atoms with van der Waals surface area (Å²) in [5, 5.41) is 7.66. The molecule has 1 fully saturated rings. The van der Waals surface area contributed by atoms with E-state index in [4.69, 9.17) is 18.9 Å². The zero-order valence-corrected chi connectivity index (χ0v) is 25.0. The van der Waals surface area contributed by atoms with Crippen molar-refractivity contribution in [2.45, 2.75) is 25.8 Å². The summed E-state index contributed by atoms with van der Waals surface area (Å²) in [7, 11) is 3.04. The van der Waals surface area contributed by atoms with Crippen LogP contribution in [0.2, 0.25) is 0 Å². The Morgan fingerprint density at radius 2 is 1.69 bits per heavy atom. The number of carbonyl (C=O) groups excluding carboxylic acids is 1. The van der Waals surface area contributed by atoms with Crippen LogP contribution in [0.4, 0.5) is 10.1 Å². The summed E-state index contributed by atoms with van der Waals surface area (Å²) in [6, 6.07) is 16.5. The van der Waals surface area contributed by atoms with Crippen molar-refractivity contribution < 1.29 is 28.1 Å². The third-order valence-electron chi connectivity index (χ3n) is 7.70. The molecule has 1 saturated heterocycles. The third kappa shape index (κ3) is 6.20. The van der Waals surface area contributed by atoms with Crippen LogP contribution < -0.4 is 25.0 Å². The fraction of sp³-hybridized carbons (Fsp3) is 0.235. The van der Waals surface area contributed by atoms with E-state index in [-0.39, 0.29) is 23.2 Å². The molecule has 0 atom stereocenters. The zero-order valence-electron chi connectivity index (χ0n) is 25.0. The molecule has 1 aliphatic rings. The van der Waals surface area contributed by atoms with E-state index in [9.17, 15) is 9.59 Å². The van der Waals surface area contributed by atoms with Gasteiger partial charge in [0.2, 0.25) is 5.43 Å². The maximum absolute atomic E-state index is 15.3. The molecule has 1 amide bonds. The molecule has 2 aromatic heterocycles. The summed E-state index contributed by atoms with van der Waals surface area (Å²) in [6.45, 7) is 3.08. The van der Waals surface area contributed by atoms with E-state index < -0.39 is 17.2 Å². The Kier molecular flexibility index (Phi) is 8.43. The SMILES string of the molecule is COc1cc2nccc(Oc3ccc(NC(=O)c4nn(C5CCOCC5)cc(-c5ccc(C)cc5)c4=O)cc3F)c2cc1OC. The van der Waals surface area contributed by atoms with Crippen LogP contribution in [0, 0.1) is 12.7 Å². The minimum Gasteiger partial charge on any atom is -0.493 e. The first-order valence-corrected chi connectivity index (χ1v) is 14.4. The van der Waals surface area contributed by atoms with E-state index in [1.807, 2.05) is 31.2 Å². The number of carbonyl (C=O) groups is 1. The number of benzene rings is 3. The Hall–Kier alpha value is -5.29. The van der Waals surface area contributed by atoms with Gasteiger partial charge in [0.15, 0.2) is 28.8 Å². The molecule has 45 heavy (non-hydrogen) atoms. The molecule has 0 unspecified atom stereocenters. The predicted octanol–water partition coefficient (Wildman–Crippen LogP) is 6.32. The molecule has 3 heterocycles. The van der Waals surface area contributed by atoms with E-state index in [1.165, 1.54) is 26.4 Å². The molecule has 1 aliphatic heterocycles. The lowest BCUT2D eigenvalue weighted by Gasteiger charge is -2.24. The van der Waals surface area contributed by atoms with Gasteiger partial charge in [-0.1, -0.05) is 29.8 Å². The minimum atomic E-state index is -0.746. The number of nitrogens with one attached hydrogen (secondary N) is 1. The molecule has 0 radical (unpaired) electrons. The van der Waals surface area contributed by atoms with Gasteiger partial charge in [-0.2, -0.15) is 5.10 Å². The van der Waals surface area contributed by atoms with Crippen LogP contribution in [0.25, 0.3) is 22.0 Å². The highest BCUT2D eigenvalue weighted by Gasteiger charge is 2.23. The first kappa shape index (κ1) is 29.8. The number of aromatic nitrogens is 3. The second-order valence-electron chi connectivity index (χ2n) is 10.6. The number of halogens is 1. The standard InChI is InChI=1S/C34H31FN4O6/c1-20-4-6-21(7-5-20)25-19-39(23-11-14-44-15-12-23)38-32(33(25)40)34(41)37-22-8-9-29(26(35)16-22)45-28-10-13-36-27-18-31(43-3)30(42-2)17-24(27)28/h4-10,13,16-19,23H,11-12,14-15H2,1-3H3,(H,37,41). The quantitative estimate of drug-likeness (QED) is 0.217. The molecule has 0 aliphatic carbocycles. The highest BCUT2D eigenvalue weighted by Crippen LogP contribution is 2.37. The Balaban J connectivity index is 1.28. The number of hydrogen-bond donors (Lipinski definition) is 1. The molecular weight excluding hydrogens is 579 g/mol. The smallest absolute Gasteiger partial charge is 0.280 e. The van der Waals surface area contributed by atoms with Gasteiger partial charge in [0.25, 0.3) is 5.91 Å². The van der Waals surface area contributed by atoms with Crippen molar-refractivity contribution in [3.05, 3.63) is 100 Å². The normalized spacial score (nSPS) is 13.4. The van der Waals surface area contributed by atoms with E-state index in [2.05, 4.69) is 15.4 Å². The molecule has 11 heteroatoms. The molecule has 1 N–H and O–H groups in total. The monoisotopic (exact) mass is 610 g/mol. The van der Waals surface area contributed by atoms with Gasteiger partial charge < -0.3 is 24.3 Å². The Bertz CT molecular complexity index is 1940. The van der Waals surface area contributed by atoms with Crippen molar-refractivity contribution in [1.29, 1.82) is 0 Å². The molecule has 0 spiro atoms. The summed E-state index contributed by atoms with van der Waals surface area (Å²) in [5.74, 6) is -0.223. The first-order valence-electron chi connectivity index (χ1n) is 14.4. The molecule has 230 valence electrons. The number of amides is 1. The van der Waals surface area contributed by atoms with Gasteiger partial charge in [0.1, 0.15) is 5.75 Å². The molecular formula is C34H31FN4O6. The Morgan fingerprint density at radius 1 is 0.956 bits per heavy atom. The van der Waals surface area contributed by atoms with Gasteiger partial charge in [0, 0.05) is 54.4 Å². The highest BCUT2D eigenvalue weighted by atomic mass is 19.1. The summed E-state index contributed by atoms with van der Waals surface area (Å²) < 4.78 is 39.1. The summed E-state index contributed by atoms with van der Waals surface area (Å²) >= 11 is 0. The molecule has 6 rings (SSSR count). The average molecular weight is 611 g/mol. The van der Waals surface area contributed by atoms with E-state index >= 15 is 4.39 Å². The maximum atomic E-state index is 15.3. The average Bonchev–Trinajstić information content (AvgIpc) is 3.06. The van der Waals surface area contributed by atoms with Gasteiger partial charge in [-0.25, -0.2) is 4.39 Å². The molecule has 0 saturated carbocycles. The number of hydrogen-bond acceptors (Lipinski definition) is 8. The summed E-state index contributed by atoms with van der Waals surface area (Å²) in [6.07, 6.45) is 4.63. The fourth-order valence-electron chi connectivity index (χ4n) is 5.24. The van der Waals surface area contributed by atoms with Crippen molar-refractivity contribution in [2.75, 3.05) is 32.8 Å². The number of methoxy groups -OCH3 is 2. The number of fused-ring (bicyclic) bond motifs is 1. The van der Waals surface area contributed by atoms with Crippen molar-refractivity contribution in [2.24, 2.45) is 0 Å². The predicted molar refractivity (Wildman–Crippen MR) is 167 cm³/mol. The van der Waals surface area contributed by atoms with Crippen LogP contribution in [0.3, 0.4) is 0 Å². The van der Waals surface area contributed by atoms with Gasteiger partial charge in [-0.3, -0.25) is 19.3 Å². The first-order chi connectivity index (χ1) is 21.8. The third-order valence-corrected chi connectivity index (χ3v) is 7.70. The van der Waals surface area contributed by atoms with Crippen LogP contribution in [0.15, 0.2) is 77.9 Å². The van der Waals surface area contributed by atoms with Crippen molar-refractivity contribution in [1.82, 2.24) is 14.8 Å². The van der Waals surface area contributed by atoms with Crippen LogP contribution in [0.1, 0.15) is 34.9 Å². The number of nitrogens with zero attached hydrogens (tertiary/aromatic N) is 3. The minimum absolute atomic E-state index is 0.0331. The van der Waals surface area contributed by atoms with E-state index in [1.54, 1.807) is 35.3 Å². The van der Waals surface area contributed by atoms with Gasteiger partial charge >= 0.3 is 0 Å². The number of pyridine rings is 1. The number of anilines is 1. The topological polar surface area (TPSA) is 114 Å². The number of rotatable bonds is 8. The van der Waals surface area contributed by atoms with Gasteiger partial charge in [-0.15, -0.1) is 0 Å². The van der Waals surface area contributed by atoms with Crippen LogP contribution in [0.5, 0.6) is 23.0 Å². The number of aryl methyl sites for hydroxylation is 1. The van der Waals surface area contributed by atoms with Crippen LogP contribution in [-0.2, 0) is 4.74 Å². The maximum Gasteiger partial charge on any atom is 0.280 e. The lowest BCUT2D eigenvalue weighted by molar-refractivity contribution is 0.0655. The largest absolute Gasteiger partial charge is 0.493 e. The second kappa shape index (κ2) is 12.7. The Labute approximate surface area is 258 Å². The molecule has 10 nitrogen and oxygen atoms in total. The van der Waals surface area contributed by atoms with Crippen molar-refractivity contribution in [3.63, 3.8) is 0 Å². The van der Waals surface area contributed by atoms with Crippen molar-refractivity contribution in [3.8, 4) is 34.1 Å². The summed E-state index contributed by atoms with van der Waals surface area (Å²) in [5.41, 5.74) is 1.98.